The van der Waals surface area contributed by atoms with Crippen LogP contribution in [-0.2, 0) is 4.74 Å². The van der Waals surface area contributed by atoms with Crippen LogP contribution in [0.4, 0.5) is 0 Å². The molecular weight excluding hydrogens is 150 g/mol. The van der Waals surface area contributed by atoms with Gasteiger partial charge < -0.3 is 10.5 Å². The van der Waals surface area contributed by atoms with E-state index in [-0.39, 0.29) is 6.04 Å². The van der Waals surface area contributed by atoms with Crippen LogP contribution >= 0.6 is 0 Å². The first kappa shape index (κ1) is 8.11. The van der Waals surface area contributed by atoms with Crippen LogP contribution in [0, 0.1) is 5.92 Å². The molecule has 2 aliphatic rings. The van der Waals surface area contributed by atoms with Gasteiger partial charge in [-0.15, -0.1) is 0 Å². The highest BCUT2D eigenvalue weighted by Crippen LogP contribution is 2.34. The highest BCUT2D eigenvalue weighted by atomic mass is 16.5. The second-order valence-corrected chi connectivity index (χ2v) is 3.88. The van der Waals surface area contributed by atoms with Crippen molar-refractivity contribution in [1.82, 2.24) is 0 Å². The summed E-state index contributed by atoms with van der Waals surface area (Å²) < 4.78 is 5.50. The summed E-state index contributed by atoms with van der Waals surface area (Å²) in [5.74, 6) is 1.94. The molecule has 1 atom stereocenters. The molecule has 0 aromatic carbocycles. The van der Waals surface area contributed by atoms with Crippen LogP contribution in [0.25, 0.3) is 0 Å². The number of hydrogen-bond acceptors (Lipinski definition) is 2. The fourth-order valence-electron chi connectivity index (χ4n) is 1.66. The van der Waals surface area contributed by atoms with Gasteiger partial charge >= 0.3 is 0 Å². The SMILES string of the molecule is NC(CC1CC1)C1=CCCCO1. The van der Waals surface area contributed by atoms with Crippen LogP contribution in [0.5, 0.6) is 0 Å². The van der Waals surface area contributed by atoms with Gasteiger partial charge in [0, 0.05) is 0 Å². The molecular formula is C10H17NO. The average molecular weight is 167 g/mol. The molecule has 2 heteroatoms. The largest absolute Gasteiger partial charge is 0.497 e. The first-order valence-corrected chi connectivity index (χ1v) is 4.94. The maximum atomic E-state index is 6.00. The van der Waals surface area contributed by atoms with E-state index in [1.165, 1.54) is 12.8 Å². The summed E-state index contributed by atoms with van der Waals surface area (Å²) in [6.45, 7) is 0.865. The van der Waals surface area contributed by atoms with E-state index in [0.717, 1.165) is 37.5 Å². The van der Waals surface area contributed by atoms with Crippen LogP contribution in [-0.4, -0.2) is 12.6 Å². The van der Waals surface area contributed by atoms with Gasteiger partial charge in [-0.1, -0.05) is 12.8 Å². The van der Waals surface area contributed by atoms with Crippen molar-refractivity contribution in [1.29, 1.82) is 0 Å². The lowest BCUT2D eigenvalue weighted by atomic mass is 10.1. The van der Waals surface area contributed by atoms with E-state index < -0.39 is 0 Å². The summed E-state index contributed by atoms with van der Waals surface area (Å²) in [7, 11) is 0. The van der Waals surface area contributed by atoms with Gasteiger partial charge in [0.15, 0.2) is 0 Å². The molecule has 1 unspecified atom stereocenters. The fourth-order valence-corrected chi connectivity index (χ4v) is 1.66. The quantitative estimate of drug-likeness (QED) is 0.695. The van der Waals surface area contributed by atoms with E-state index in [1.54, 1.807) is 0 Å². The molecule has 0 bridgehead atoms. The predicted octanol–water partition coefficient (Wildman–Crippen LogP) is 1.81. The third-order valence-electron chi connectivity index (χ3n) is 2.61. The molecule has 1 aliphatic carbocycles. The zero-order valence-corrected chi connectivity index (χ0v) is 7.46. The van der Waals surface area contributed by atoms with Gasteiger partial charge in [-0.3, -0.25) is 0 Å². The molecule has 2 nitrogen and oxygen atoms in total. The lowest BCUT2D eigenvalue weighted by Gasteiger charge is -2.20. The van der Waals surface area contributed by atoms with E-state index in [4.69, 9.17) is 10.5 Å². The van der Waals surface area contributed by atoms with E-state index in [2.05, 4.69) is 6.08 Å². The van der Waals surface area contributed by atoms with E-state index in [9.17, 15) is 0 Å². The van der Waals surface area contributed by atoms with Gasteiger partial charge in [-0.05, 0) is 31.3 Å². The number of ether oxygens (including phenoxy) is 1. The van der Waals surface area contributed by atoms with Gasteiger partial charge in [0.2, 0.25) is 0 Å². The van der Waals surface area contributed by atoms with E-state index in [1.807, 2.05) is 0 Å². The van der Waals surface area contributed by atoms with Gasteiger partial charge in [0.1, 0.15) is 5.76 Å². The Morgan fingerprint density at radius 1 is 1.58 bits per heavy atom. The topological polar surface area (TPSA) is 35.2 Å². The fraction of sp³-hybridized carbons (Fsp3) is 0.800. The maximum Gasteiger partial charge on any atom is 0.109 e. The van der Waals surface area contributed by atoms with E-state index >= 15 is 0 Å². The van der Waals surface area contributed by atoms with Gasteiger partial charge in [-0.25, -0.2) is 0 Å². The van der Waals surface area contributed by atoms with Crippen molar-refractivity contribution < 1.29 is 4.74 Å². The van der Waals surface area contributed by atoms with Gasteiger partial charge in [0.05, 0.1) is 12.6 Å². The lowest BCUT2D eigenvalue weighted by Crippen LogP contribution is -2.26. The minimum Gasteiger partial charge on any atom is -0.497 e. The maximum absolute atomic E-state index is 6.00. The molecule has 2 rings (SSSR count). The second-order valence-electron chi connectivity index (χ2n) is 3.88. The third-order valence-corrected chi connectivity index (χ3v) is 2.61. The van der Waals surface area contributed by atoms with Crippen LogP contribution in [0.1, 0.15) is 32.1 Å². The van der Waals surface area contributed by atoms with Crippen molar-refractivity contribution >= 4 is 0 Å². The van der Waals surface area contributed by atoms with Crippen molar-refractivity contribution in [2.24, 2.45) is 11.7 Å². The Hall–Kier alpha value is -0.500. The monoisotopic (exact) mass is 167 g/mol. The Morgan fingerprint density at radius 3 is 3.00 bits per heavy atom. The van der Waals surface area contributed by atoms with Gasteiger partial charge in [-0.2, -0.15) is 0 Å². The Morgan fingerprint density at radius 2 is 2.42 bits per heavy atom. The Bertz CT molecular complexity index is 184. The Kier molecular flexibility index (Phi) is 2.35. The molecule has 1 heterocycles. The summed E-state index contributed by atoms with van der Waals surface area (Å²) in [5.41, 5.74) is 6.00. The molecule has 1 fully saturated rings. The van der Waals surface area contributed by atoms with Gasteiger partial charge in [0.25, 0.3) is 0 Å². The van der Waals surface area contributed by atoms with Crippen molar-refractivity contribution in [3.05, 3.63) is 11.8 Å². The molecule has 2 N–H and O–H groups in total. The highest BCUT2D eigenvalue weighted by Gasteiger charge is 2.26. The van der Waals surface area contributed by atoms with Crippen molar-refractivity contribution in [2.75, 3.05) is 6.61 Å². The summed E-state index contributed by atoms with van der Waals surface area (Å²) >= 11 is 0. The zero-order valence-electron chi connectivity index (χ0n) is 7.46. The molecule has 0 aromatic rings. The lowest BCUT2D eigenvalue weighted by molar-refractivity contribution is 0.172. The summed E-state index contributed by atoms with van der Waals surface area (Å²) in [4.78, 5) is 0. The number of hydrogen-bond donors (Lipinski definition) is 1. The Balaban J connectivity index is 1.83. The number of rotatable bonds is 3. The number of allylic oxidation sites excluding steroid dienone is 1. The zero-order chi connectivity index (χ0) is 8.39. The summed E-state index contributed by atoms with van der Waals surface area (Å²) in [6.07, 6.45) is 8.34. The molecule has 0 radical (unpaired) electrons. The molecule has 1 aliphatic heterocycles. The first-order chi connectivity index (χ1) is 5.86. The van der Waals surface area contributed by atoms with Crippen LogP contribution in [0.3, 0.4) is 0 Å². The molecule has 12 heavy (non-hydrogen) atoms. The summed E-state index contributed by atoms with van der Waals surface area (Å²) in [5, 5.41) is 0. The molecule has 0 aromatic heterocycles. The normalized spacial score (nSPS) is 25.9. The summed E-state index contributed by atoms with van der Waals surface area (Å²) in [6, 6.07) is 0.179. The standard InChI is InChI=1S/C10H17NO/c11-9(7-8-4-5-8)10-3-1-2-6-12-10/h3,8-9H,1-2,4-7,11H2. The minimum absolute atomic E-state index is 0.179. The van der Waals surface area contributed by atoms with Crippen LogP contribution in [0.2, 0.25) is 0 Å². The number of nitrogens with two attached hydrogens (primary N) is 1. The highest BCUT2D eigenvalue weighted by molar-refractivity contribution is 5.05. The van der Waals surface area contributed by atoms with E-state index in [0.29, 0.717) is 0 Å². The van der Waals surface area contributed by atoms with Crippen LogP contribution in [0.15, 0.2) is 11.8 Å². The molecule has 0 spiro atoms. The van der Waals surface area contributed by atoms with Crippen molar-refractivity contribution in [2.45, 2.75) is 38.1 Å². The van der Waals surface area contributed by atoms with Crippen LogP contribution < -0.4 is 5.73 Å². The predicted molar refractivity (Wildman–Crippen MR) is 48.6 cm³/mol. The second kappa shape index (κ2) is 3.48. The minimum atomic E-state index is 0.179. The smallest absolute Gasteiger partial charge is 0.109 e. The van der Waals surface area contributed by atoms with Crippen molar-refractivity contribution in [3.8, 4) is 0 Å². The Labute approximate surface area is 73.8 Å². The van der Waals surface area contributed by atoms with Crippen molar-refractivity contribution in [3.63, 3.8) is 0 Å². The average Bonchev–Trinajstić information content (AvgIpc) is 2.90. The molecule has 0 saturated heterocycles. The molecule has 0 amide bonds. The molecule has 1 saturated carbocycles. The third kappa shape index (κ3) is 2.01. The molecule has 68 valence electrons. The first-order valence-electron chi connectivity index (χ1n) is 4.94.